The fourth-order valence-electron chi connectivity index (χ4n) is 3.64. The maximum atomic E-state index is 13.5. The first-order valence-corrected chi connectivity index (χ1v) is 12.3. The van der Waals surface area contributed by atoms with Crippen molar-refractivity contribution in [2.24, 2.45) is 13.0 Å². The minimum atomic E-state index is -0.833. The zero-order valence-electron chi connectivity index (χ0n) is 17.8. The van der Waals surface area contributed by atoms with Crippen LogP contribution < -0.4 is 11.2 Å². The Morgan fingerprint density at radius 3 is 2.58 bits per heavy atom. The second kappa shape index (κ2) is 9.16. The summed E-state index contributed by atoms with van der Waals surface area (Å²) in [7, 11) is 1.38. The van der Waals surface area contributed by atoms with E-state index in [4.69, 9.17) is 28.0 Å². The van der Waals surface area contributed by atoms with Gasteiger partial charge in [-0.15, -0.1) is 11.3 Å². The van der Waals surface area contributed by atoms with Crippen LogP contribution in [0.5, 0.6) is 0 Å². The van der Waals surface area contributed by atoms with Gasteiger partial charge in [0.25, 0.3) is 11.5 Å². The monoisotopic (exact) mass is 579 g/mol. The van der Waals surface area contributed by atoms with Crippen LogP contribution >= 0.6 is 50.5 Å². The molecule has 1 atom stereocenters. The summed E-state index contributed by atoms with van der Waals surface area (Å²) >= 11 is 16.8. The van der Waals surface area contributed by atoms with Crippen LogP contribution in [0, 0.1) is 5.92 Å². The summed E-state index contributed by atoms with van der Waals surface area (Å²) in [5, 5.41) is 11.2. The van der Waals surface area contributed by atoms with Crippen molar-refractivity contribution in [3.63, 3.8) is 0 Å². The van der Waals surface area contributed by atoms with Crippen LogP contribution in [0.15, 0.2) is 14.3 Å². The van der Waals surface area contributed by atoms with Gasteiger partial charge in [-0.25, -0.2) is 14.8 Å². The molecule has 1 amide bonds. The molecule has 0 radical (unpaired) electrons. The molecule has 3 aromatic rings. The molecule has 14 heteroatoms. The molecular formula is C19H20BrCl2N5O5S. The van der Waals surface area contributed by atoms with Crippen LogP contribution in [0.4, 0.5) is 0 Å². The Kier molecular flexibility index (Phi) is 6.78. The van der Waals surface area contributed by atoms with Crippen LogP contribution in [-0.4, -0.2) is 54.0 Å². The number of imidazole rings is 1. The third-order valence-corrected chi connectivity index (χ3v) is 7.70. The summed E-state index contributed by atoms with van der Waals surface area (Å²) in [6, 6.07) is 0. The number of aromatic nitrogens is 4. The Hall–Kier alpha value is -1.70. The molecule has 4 rings (SSSR count). The second-order valence-corrected chi connectivity index (χ2v) is 10.6. The number of halogens is 3. The van der Waals surface area contributed by atoms with Crippen molar-refractivity contribution in [3.05, 3.63) is 46.3 Å². The quantitative estimate of drug-likeness (QED) is 0.496. The number of carbonyl (C=O) groups excluding carboxylic acids is 1. The van der Waals surface area contributed by atoms with E-state index in [1.165, 1.54) is 11.6 Å². The molecule has 0 bridgehead atoms. The molecule has 0 aliphatic carbocycles. The lowest BCUT2D eigenvalue weighted by Crippen LogP contribution is -2.39. The standard InChI is InChI=1S/C19H20BrCl2N5O5S/c1-8(2)4-26-17-12(15(29)24(3)19(26)31)11(16(30)27-5-9(28)7-32-27)10(33-17)6-25-14(22)13(21)23-18(25)20/h8-9,28H,4-7H2,1-3H3/t9-/m0/s1. The Morgan fingerprint density at radius 1 is 1.33 bits per heavy atom. The van der Waals surface area contributed by atoms with Crippen LogP contribution in [0.3, 0.4) is 0 Å². The van der Waals surface area contributed by atoms with Gasteiger partial charge in [0.15, 0.2) is 9.89 Å². The maximum Gasteiger partial charge on any atom is 0.331 e. The molecule has 1 aliphatic heterocycles. The predicted molar refractivity (Wildman–Crippen MR) is 128 cm³/mol. The van der Waals surface area contributed by atoms with Crippen molar-refractivity contribution in [3.8, 4) is 0 Å². The van der Waals surface area contributed by atoms with Crippen LogP contribution in [-0.2, 0) is 25.0 Å². The zero-order chi connectivity index (χ0) is 24.2. The number of hydrogen-bond donors (Lipinski definition) is 1. The zero-order valence-corrected chi connectivity index (χ0v) is 21.8. The average molecular weight is 581 g/mol. The average Bonchev–Trinajstić information content (AvgIpc) is 3.41. The summed E-state index contributed by atoms with van der Waals surface area (Å²) < 4.78 is 4.38. The van der Waals surface area contributed by atoms with E-state index in [0.29, 0.717) is 21.0 Å². The van der Waals surface area contributed by atoms with Crippen molar-refractivity contribution in [1.82, 2.24) is 23.7 Å². The number of fused-ring (bicyclic) bond motifs is 1. The minimum Gasteiger partial charge on any atom is -0.389 e. The summed E-state index contributed by atoms with van der Waals surface area (Å²) in [4.78, 5) is 49.9. The van der Waals surface area contributed by atoms with Gasteiger partial charge in [0, 0.05) is 18.5 Å². The number of rotatable bonds is 5. The number of thiophene rings is 1. The highest BCUT2D eigenvalue weighted by Gasteiger charge is 2.33. The van der Waals surface area contributed by atoms with Gasteiger partial charge < -0.3 is 9.67 Å². The number of nitrogens with zero attached hydrogens (tertiary/aromatic N) is 5. The normalized spacial score (nSPS) is 16.5. The van der Waals surface area contributed by atoms with E-state index in [1.54, 1.807) is 4.57 Å². The van der Waals surface area contributed by atoms with Crippen molar-refractivity contribution < 1.29 is 14.7 Å². The molecule has 1 N–H and O–H groups in total. The fraction of sp³-hybridized carbons (Fsp3) is 0.474. The van der Waals surface area contributed by atoms with Gasteiger partial charge in [-0.05, 0) is 21.8 Å². The van der Waals surface area contributed by atoms with Gasteiger partial charge in [0.05, 0.1) is 24.0 Å². The number of carbonyl (C=O) groups is 1. The lowest BCUT2D eigenvalue weighted by Gasteiger charge is -2.15. The number of aliphatic hydroxyl groups is 1. The van der Waals surface area contributed by atoms with Crippen LogP contribution in [0.25, 0.3) is 10.2 Å². The number of aliphatic hydroxyl groups excluding tert-OH is 1. The van der Waals surface area contributed by atoms with Gasteiger partial charge in [0.1, 0.15) is 22.7 Å². The molecule has 0 spiro atoms. The SMILES string of the molecule is CC(C)Cn1c(=O)n(C)c(=O)c2c(C(=O)N3C[C@H](O)CO3)c(Cn3c(Br)nc(Cl)c3Cl)sc21. The first kappa shape index (κ1) is 24.4. The Bertz CT molecular complexity index is 1380. The van der Waals surface area contributed by atoms with E-state index >= 15 is 0 Å². The van der Waals surface area contributed by atoms with Gasteiger partial charge >= 0.3 is 5.69 Å². The molecule has 1 aliphatic rings. The summed E-state index contributed by atoms with van der Waals surface area (Å²) in [5.74, 6) is -0.473. The highest BCUT2D eigenvalue weighted by Crippen LogP contribution is 2.34. The molecule has 1 saturated heterocycles. The van der Waals surface area contributed by atoms with E-state index < -0.39 is 23.3 Å². The smallest absolute Gasteiger partial charge is 0.331 e. The molecule has 0 saturated carbocycles. The first-order chi connectivity index (χ1) is 15.5. The fourth-order valence-corrected chi connectivity index (χ4v) is 5.96. The summed E-state index contributed by atoms with van der Waals surface area (Å²) in [5.41, 5.74) is -0.963. The third kappa shape index (κ3) is 4.28. The third-order valence-electron chi connectivity index (χ3n) is 5.15. The topological polar surface area (TPSA) is 112 Å². The van der Waals surface area contributed by atoms with E-state index in [2.05, 4.69) is 20.9 Å². The lowest BCUT2D eigenvalue weighted by atomic mass is 10.1. The number of hydrogen-bond acceptors (Lipinski definition) is 7. The Labute approximate surface area is 210 Å². The van der Waals surface area contributed by atoms with Crippen molar-refractivity contribution in [1.29, 1.82) is 0 Å². The predicted octanol–water partition coefficient (Wildman–Crippen LogP) is 2.48. The molecule has 3 aromatic heterocycles. The highest BCUT2D eigenvalue weighted by atomic mass is 79.9. The number of β-amino-alcohol motifs (C(OH)–C–C–N with tert-alkyl or cyclic N) is 1. The second-order valence-electron chi connectivity index (χ2n) is 8.10. The summed E-state index contributed by atoms with van der Waals surface area (Å²) in [6.07, 6.45) is -0.833. The molecule has 33 heavy (non-hydrogen) atoms. The van der Waals surface area contributed by atoms with Crippen molar-refractivity contribution in [2.75, 3.05) is 13.2 Å². The Balaban J connectivity index is 2.01. The molecule has 0 aromatic carbocycles. The molecule has 10 nitrogen and oxygen atoms in total. The van der Waals surface area contributed by atoms with Crippen LogP contribution in [0.2, 0.25) is 10.3 Å². The number of hydroxylamine groups is 2. The van der Waals surface area contributed by atoms with Gasteiger partial charge in [-0.3, -0.25) is 23.6 Å². The van der Waals surface area contributed by atoms with E-state index in [9.17, 15) is 19.5 Å². The molecular weight excluding hydrogens is 561 g/mol. The summed E-state index contributed by atoms with van der Waals surface area (Å²) in [6.45, 7) is 4.25. The highest BCUT2D eigenvalue weighted by molar-refractivity contribution is 9.10. The van der Waals surface area contributed by atoms with Crippen molar-refractivity contribution in [2.45, 2.75) is 33.0 Å². The van der Waals surface area contributed by atoms with Gasteiger partial charge in [0.2, 0.25) is 0 Å². The largest absolute Gasteiger partial charge is 0.389 e. The van der Waals surface area contributed by atoms with Gasteiger partial charge in [-0.2, -0.15) is 0 Å². The maximum absolute atomic E-state index is 13.5. The van der Waals surface area contributed by atoms with Crippen molar-refractivity contribution >= 4 is 66.6 Å². The number of amides is 1. The molecule has 178 valence electrons. The minimum absolute atomic E-state index is 0.0340. The van der Waals surface area contributed by atoms with E-state index in [1.807, 2.05) is 13.8 Å². The molecule has 0 unspecified atom stereocenters. The van der Waals surface area contributed by atoms with Crippen LogP contribution in [0.1, 0.15) is 29.1 Å². The Morgan fingerprint density at radius 2 is 2.03 bits per heavy atom. The lowest BCUT2D eigenvalue weighted by molar-refractivity contribution is -0.0778. The van der Waals surface area contributed by atoms with E-state index in [-0.39, 0.29) is 46.9 Å². The molecule has 1 fully saturated rings. The van der Waals surface area contributed by atoms with Gasteiger partial charge in [-0.1, -0.05) is 37.0 Å². The first-order valence-electron chi connectivity index (χ1n) is 9.96. The molecule has 4 heterocycles. The van der Waals surface area contributed by atoms with E-state index in [0.717, 1.165) is 21.0 Å².